The molecule has 0 saturated carbocycles. The van der Waals surface area contributed by atoms with Gasteiger partial charge in [0.1, 0.15) is 11.3 Å². The molecular formula is C22H19F3N2O5. The summed E-state index contributed by atoms with van der Waals surface area (Å²) in [5.41, 5.74) is -0.576. The molecule has 2 aromatic carbocycles. The molecule has 1 amide bonds. The van der Waals surface area contributed by atoms with Gasteiger partial charge in [0.05, 0.1) is 30.2 Å². The van der Waals surface area contributed by atoms with E-state index in [1.807, 2.05) is 4.90 Å². The lowest BCUT2D eigenvalue weighted by atomic mass is 10.1. The van der Waals surface area contributed by atoms with Gasteiger partial charge in [0.25, 0.3) is 5.91 Å². The Morgan fingerprint density at radius 3 is 2.56 bits per heavy atom. The van der Waals surface area contributed by atoms with Crippen molar-refractivity contribution in [1.82, 2.24) is 0 Å². The van der Waals surface area contributed by atoms with E-state index >= 15 is 0 Å². The van der Waals surface area contributed by atoms with E-state index < -0.39 is 29.9 Å². The van der Waals surface area contributed by atoms with E-state index in [1.165, 1.54) is 18.2 Å². The van der Waals surface area contributed by atoms with Gasteiger partial charge in [-0.05, 0) is 36.4 Å². The molecule has 3 aromatic rings. The van der Waals surface area contributed by atoms with Crippen molar-refractivity contribution < 1.29 is 31.9 Å². The zero-order chi connectivity index (χ0) is 22.7. The maximum Gasteiger partial charge on any atom is 0.416 e. The van der Waals surface area contributed by atoms with Crippen LogP contribution in [0.4, 0.5) is 24.5 Å². The zero-order valence-corrected chi connectivity index (χ0v) is 16.8. The standard InChI is InChI=1S/C22H19F3N2O5/c23-22(24,25)15-3-5-18(27-7-9-30-10-8-27)17(11-15)26-20(28)13-31-16-4-1-14-2-6-21(29)32-19(14)12-16/h1-6,11-12H,7-10,13H2,(H,26,28). The van der Waals surface area contributed by atoms with E-state index in [0.29, 0.717) is 43.0 Å². The number of ether oxygens (including phenoxy) is 2. The van der Waals surface area contributed by atoms with Crippen molar-refractivity contribution in [3.63, 3.8) is 0 Å². The van der Waals surface area contributed by atoms with Gasteiger partial charge < -0.3 is 24.1 Å². The fraction of sp³-hybridized carbons (Fsp3) is 0.273. The maximum absolute atomic E-state index is 13.2. The fourth-order valence-electron chi connectivity index (χ4n) is 3.36. The van der Waals surface area contributed by atoms with Crippen LogP contribution in [0.25, 0.3) is 11.0 Å². The molecule has 1 fully saturated rings. The van der Waals surface area contributed by atoms with Gasteiger partial charge in [-0.15, -0.1) is 0 Å². The Balaban J connectivity index is 1.50. The number of halogens is 3. The van der Waals surface area contributed by atoms with E-state index in [-0.39, 0.29) is 11.4 Å². The summed E-state index contributed by atoms with van der Waals surface area (Å²) in [5, 5.41) is 3.20. The molecule has 168 valence electrons. The van der Waals surface area contributed by atoms with Crippen LogP contribution in [0.2, 0.25) is 0 Å². The van der Waals surface area contributed by atoms with Gasteiger partial charge in [-0.2, -0.15) is 13.2 Å². The molecule has 1 aromatic heterocycles. The number of nitrogens with zero attached hydrogens (tertiary/aromatic N) is 1. The summed E-state index contributed by atoms with van der Waals surface area (Å²) in [4.78, 5) is 25.7. The number of hydrogen-bond donors (Lipinski definition) is 1. The van der Waals surface area contributed by atoms with Gasteiger partial charge in [-0.25, -0.2) is 4.79 Å². The molecule has 1 N–H and O–H groups in total. The first-order valence-corrected chi connectivity index (χ1v) is 9.80. The zero-order valence-electron chi connectivity index (χ0n) is 16.8. The maximum atomic E-state index is 13.2. The van der Waals surface area contributed by atoms with Crippen LogP contribution in [-0.4, -0.2) is 38.8 Å². The van der Waals surface area contributed by atoms with Gasteiger partial charge in [0, 0.05) is 30.6 Å². The van der Waals surface area contributed by atoms with Crippen LogP contribution in [0.1, 0.15) is 5.56 Å². The number of carbonyl (C=O) groups excluding carboxylic acids is 1. The fourth-order valence-corrected chi connectivity index (χ4v) is 3.36. The van der Waals surface area contributed by atoms with Crippen LogP contribution >= 0.6 is 0 Å². The van der Waals surface area contributed by atoms with Crippen LogP contribution in [0.3, 0.4) is 0 Å². The van der Waals surface area contributed by atoms with Crippen molar-refractivity contribution in [2.24, 2.45) is 0 Å². The predicted octanol–water partition coefficient (Wildman–Crippen LogP) is 3.67. The molecule has 0 radical (unpaired) electrons. The van der Waals surface area contributed by atoms with Gasteiger partial charge in [-0.3, -0.25) is 4.79 Å². The highest BCUT2D eigenvalue weighted by Gasteiger charge is 2.32. The summed E-state index contributed by atoms with van der Waals surface area (Å²) < 4.78 is 55.4. The smallest absolute Gasteiger partial charge is 0.416 e. The van der Waals surface area contributed by atoms with Crippen molar-refractivity contribution in [2.45, 2.75) is 6.18 Å². The van der Waals surface area contributed by atoms with Gasteiger partial charge in [0.15, 0.2) is 6.61 Å². The number of nitrogens with one attached hydrogen (secondary N) is 1. The molecule has 0 atom stereocenters. The first-order chi connectivity index (χ1) is 15.3. The molecule has 1 aliphatic heterocycles. The Bertz CT molecular complexity index is 1190. The molecule has 0 aliphatic carbocycles. The second-order valence-corrected chi connectivity index (χ2v) is 7.12. The minimum atomic E-state index is -4.55. The SMILES string of the molecule is O=C(COc1ccc2ccc(=O)oc2c1)Nc1cc(C(F)(F)F)ccc1N1CCOCC1. The minimum absolute atomic E-state index is 0.0415. The molecule has 0 unspecified atom stereocenters. The van der Waals surface area contributed by atoms with Crippen LogP contribution in [0.5, 0.6) is 5.75 Å². The molecule has 2 heterocycles. The number of morpholine rings is 1. The Morgan fingerprint density at radius 1 is 1.06 bits per heavy atom. The Kier molecular flexibility index (Phi) is 6.04. The second kappa shape index (κ2) is 8.91. The van der Waals surface area contributed by atoms with E-state index in [9.17, 15) is 22.8 Å². The topological polar surface area (TPSA) is 81.0 Å². The minimum Gasteiger partial charge on any atom is -0.484 e. The molecule has 1 saturated heterocycles. The summed E-state index contributed by atoms with van der Waals surface area (Å²) in [7, 11) is 0. The average molecular weight is 448 g/mol. The first kappa shape index (κ1) is 21.7. The van der Waals surface area contributed by atoms with Crippen molar-refractivity contribution in [3.05, 3.63) is 64.5 Å². The van der Waals surface area contributed by atoms with E-state index in [0.717, 1.165) is 12.1 Å². The van der Waals surface area contributed by atoms with Crippen LogP contribution in [0, 0.1) is 0 Å². The van der Waals surface area contributed by atoms with Gasteiger partial charge in [-0.1, -0.05) is 0 Å². The Morgan fingerprint density at radius 2 is 1.81 bits per heavy atom. The first-order valence-electron chi connectivity index (χ1n) is 9.80. The third kappa shape index (κ3) is 5.02. The molecule has 1 aliphatic rings. The van der Waals surface area contributed by atoms with Gasteiger partial charge in [0.2, 0.25) is 0 Å². The molecule has 7 nitrogen and oxygen atoms in total. The lowest BCUT2D eigenvalue weighted by Crippen LogP contribution is -2.37. The number of benzene rings is 2. The third-order valence-electron chi connectivity index (χ3n) is 4.91. The number of rotatable bonds is 5. The average Bonchev–Trinajstić information content (AvgIpc) is 2.77. The van der Waals surface area contributed by atoms with Crippen molar-refractivity contribution in [2.75, 3.05) is 43.1 Å². The quantitative estimate of drug-likeness (QED) is 0.600. The summed E-state index contributed by atoms with van der Waals surface area (Å²) in [6.07, 6.45) is -4.55. The summed E-state index contributed by atoms with van der Waals surface area (Å²) >= 11 is 0. The molecule has 10 heteroatoms. The molecule has 0 bridgehead atoms. The van der Waals surface area contributed by atoms with Crippen LogP contribution in [-0.2, 0) is 15.7 Å². The number of hydrogen-bond acceptors (Lipinski definition) is 6. The molecule has 4 rings (SSSR count). The van der Waals surface area contributed by atoms with Crippen LogP contribution in [0.15, 0.2) is 57.7 Å². The van der Waals surface area contributed by atoms with E-state index in [1.54, 1.807) is 18.2 Å². The highest BCUT2D eigenvalue weighted by molar-refractivity contribution is 5.95. The number of fused-ring (bicyclic) bond motifs is 1. The van der Waals surface area contributed by atoms with Gasteiger partial charge >= 0.3 is 11.8 Å². The molecule has 0 spiro atoms. The predicted molar refractivity (Wildman–Crippen MR) is 111 cm³/mol. The molecular weight excluding hydrogens is 429 g/mol. The Labute approximate surface area is 180 Å². The van der Waals surface area contributed by atoms with Crippen molar-refractivity contribution in [3.8, 4) is 5.75 Å². The normalized spacial score (nSPS) is 14.4. The largest absolute Gasteiger partial charge is 0.484 e. The summed E-state index contributed by atoms with van der Waals surface area (Å²) in [5.74, 6) is -0.354. The van der Waals surface area contributed by atoms with E-state index in [2.05, 4.69) is 5.32 Å². The second-order valence-electron chi connectivity index (χ2n) is 7.12. The van der Waals surface area contributed by atoms with Crippen LogP contribution < -0.4 is 20.6 Å². The highest BCUT2D eigenvalue weighted by atomic mass is 19.4. The summed E-state index contributed by atoms with van der Waals surface area (Å²) in [6, 6.07) is 10.8. The number of carbonyl (C=O) groups is 1. The Hall–Kier alpha value is -3.53. The number of anilines is 2. The monoisotopic (exact) mass is 448 g/mol. The highest BCUT2D eigenvalue weighted by Crippen LogP contribution is 2.35. The van der Waals surface area contributed by atoms with Crippen molar-refractivity contribution in [1.29, 1.82) is 0 Å². The summed E-state index contributed by atoms with van der Waals surface area (Å²) in [6.45, 7) is 1.42. The lowest BCUT2D eigenvalue weighted by Gasteiger charge is -2.31. The number of alkyl halides is 3. The lowest BCUT2D eigenvalue weighted by molar-refractivity contribution is -0.137. The van der Waals surface area contributed by atoms with E-state index in [4.69, 9.17) is 13.9 Å². The third-order valence-corrected chi connectivity index (χ3v) is 4.91. The van der Waals surface area contributed by atoms with Crippen molar-refractivity contribution >= 4 is 28.3 Å². The number of amides is 1. The molecule has 32 heavy (non-hydrogen) atoms.